The Morgan fingerprint density at radius 3 is 2.78 bits per heavy atom. The molecule has 0 bridgehead atoms. The van der Waals surface area contributed by atoms with Gasteiger partial charge in [0, 0.05) is 12.0 Å². The molecule has 1 atom stereocenters. The second-order valence-corrected chi connectivity index (χ2v) is 3.93. The van der Waals surface area contributed by atoms with Gasteiger partial charge in [0.25, 0.3) is 0 Å². The summed E-state index contributed by atoms with van der Waals surface area (Å²) < 4.78 is 9.77. The second-order valence-electron chi connectivity index (χ2n) is 3.93. The lowest BCUT2D eigenvalue weighted by atomic mass is 10.2. The highest BCUT2D eigenvalue weighted by Crippen LogP contribution is 2.17. The minimum Gasteiger partial charge on any atom is -0.463 e. The normalized spacial score (nSPS) is 15.8. The lowest BCUT2D eigenvalue weighted by molar-refractivity contribution is -0.164. The van der Waals surface area contributed by atoms with Gasteiger partial charge in [0.05, 0.1) is 6.61 Å². The Balaban J connectivity index is 2.39. The topological polar surface area (TPSA) is 69.7 Å². The number of rotatable bonds is 6. The molecule has 0 radical (unpaired) electrons. The molecular weight excluding hydrogens is 236 g/mol. The van der Waals surface area contributed by atoms with Gasteiger partial charge >= 0.3 is 11.9 Å². The SMILES string of the molecule is C=CCCOC(=O)[C@H](C)OC(=O)C1=CC(=O)CC1. The fraction of sp³-hybridized carbons (Fsp3) is 0.462. The van der Waals surface area contributed by atoms with Crippen LogP contribution in [0.2, 0.25) is 0 Å². The van der Waals surface area contributed by atoms with Crippen LogP contribution in [0.4, 0.5) is 0 Å². The maximum atomic E-state index is 11.6. The number of carbonyl (C=O) groups excluding carboxylic acids is 3. The molecule has 1 rings (SSSR count). The van der Waals surface area contributed by atoms with Gasteiger partial charge in [-0.25, -0.2) is 9.59 Å². The monoisotopic (exact) mass is 252 g/mol. The molecule has 18 heavy (non-hydrogen) atoms. The zero-order valence-electron chi connectivity index (χ0n) is 10.3. The first-order valence-corrected chi connectivity index (χ1v) is 5.76. The first-order chi connectivity index (χ1) is 8.54. The van der Waals surface area contributed by atoms with E-state index in [1.54, 1.807) is 6.08 Å². The third-order valence-electron chi connectivity index (χ3n) is 2.42. The average molecular weight is 252 g/mol. The Bertz CT molecular complexity index is 394. The van der Waals surface area contributed by atoms with Crippen molar-refractivity contribution in [2.75, 3.05) is 6.61 Å². The fourth-order valence-electron chi connectivity index (χ4n) is 1.40. The van der Waals surface area contributed by atoms with Crippen LogP contribution in [-0.4, -0.2) is 30.4 Å². The summed E-state index contributed by atoms with van der Waals surface area (Å²) in [5, 5.41) is 0. The largest absolute Gasteiger partial charge is 0.463 e. The van der Waals surface area contributed by atoms with Gasteiger partial charge in [0.2, 0.25) is 0 Å². The van der Waals surface area contributed by atoms with Gasteiger partial charge in [-0.15, -0.1) is 6.58 Å². The van der Waals surface area contributed by atoms with Crippen LogP contribution in [0.1, 0.15) is 26.2 Å². The van der Waals surface area contributed by atoms with E-state index in [0.29, 0.717) is 24.8 Å². The summed E-state index contributed by atoms with van der Waals surface area (Å²) in [6.45, 7) is 5.14. The van der Waals surface area contributed by atoms with E-state index in [2.05, 4.69) is 6.58 Å². The quantitative estimate of drug-likeness (QED) is 0.405. The minimum atomic E-state index is -0.973. The summed E-state index contributed by atoms with van der Waals surface area (Å²) in [5.41, 5.74) is 0.311. The van der Waals surface area contributed by atoms with Crippen LogP contribution in [0.5, 0.6) is 0 Å². The van der Waals surface area contributed by atoms with Gasteiger partial charge in [0.1, 0.15) is 0 Å². The van der Waals surface area contributed by atoms with Crippen molar-refractivity contribution < 1.29 is 23.9 Å². The van der Waals surface area contributed by atoms with Crippen LogP contribution in [0.15, 0.2) is 24.3 Å². The van der Waals surface area contributed by atoms with Gasteiger partial charge in [-0.3, -0.25) is 4.79 Å². The molecule has 1 aliphatic carbocycles. The van der Waals surface area contributed by atoms with Gasteiger partial charge in [-0.05, 0) is 25.8 Å². The molecule has 0 saturated carbocycles. The van der Waals surface area contributed by atoms with E-state index in [9.17, 15) is 14.4 Å². The van der Waals surface area contributed by atoms with Crippen molar-refractivity contribution in [1.29, 1.82) is 0 Å². The highest BCUT2D eigenvalue weighted by molar-refractivity contribution is 6.03. The molecule has 98 valence electrons. The predicted octanol–water partition coefficient (Wildman–Crippen LogP) is 1.33. The van der Waals surface area contributed by atoms with Crippen molar-refractivity contribution >= 4 is 17.7 Å². The number of carbonyl (C=O) groups is 3. The molecule has 5 heteroatoms. The molecule has 0 saturated heterocycles. The molecule has 0 aromatic rings. The molecular formula is C13H16O5. The Morgan fingerprint density at radius 1 is 1.50 bits per heavy atom. The molecule has 0 aromatic heterocycles. The first kappa shape index (κ1) is 14.2. The molecule has 0 heterocycles. The van der Waals surface area contributed by atoms with Crippen LogP contribution >= 0.6 is 0 Å². The van der Waals surface area contributed by atoms with Crippen molar-refractivity contribution in [2.45, 2.75) is 32.3 Å². The number of ether oxygens (including phenoxy) is 2. The van der Waals surface area contributed by atoms with E-state index in [4.69, 9.17) is 9.47 Å². The van der Waals surface area contributed by atoms with Gasteiger partial charge < -0.3 is 9.47 Å². The van der Waals surface area contributed by atoms with Gasteiger partial charge in [-0.2, -0.15) is 0 Å². The van der Waals surface area contributed by atoms with Gasteiger partial charge in [-0.1, -0.05) is 6.08 Å². The zero-order valence-corrected chi connectivity index (χ0v) is 10.3. The average Bonchev–Trinajstić information content (AvgIpc) is 2.76. The smallest absolute Gasteiger partial charge is 0.347 e. The summed E-state index contributed by atoms with van der Waals surface area (Å²) >= 11 is 0. The summed E-state index contributed by atoms with van der Waals surface area (Å²) in [6.07, 6.45) is 3.15. The van der Waals surface area contributed by atoms with Crippen molar-refractivity contribution in [2.24, 2.45) is 0 Å². The molecule has 0 spiro atoms. The Kier molecular flexibility index (Phi) is 5.30. The van der Waals surface area contributed by atoms with E-state index in [1.807, 2.05) is 0 Å². The van der Waals surface area contributed by atoms with E-state index in [-0.39, 0.29) is 12.4 Å². The van der Waals surface area contributed by atoms with Crippen molar-refractivity contribution in [3.05, 3.63) is 24.3 Å². The molecule has 1 aliphatic rings. The Hall–Kier alpha value is -1.91. The third kappa shape index (κ3) is 4.16. The molecule has 0 N–H and O–H groups in total. The van der Waals surface area contributed by atoms with Crippen LogP contribution in [0.25, 0.3) is 0 Å². The number of hydrogen-bond donors (Lipinski definition) is 0. The molecule has 0 aromatic carbocycles. The highest BCUT2D eigenvalue weighted by Gasteiger charge is 2.24. The number of ketones is 1. The number of esters is 2. The molecule has 0 fully saturated rings. The minimum absolute atomic E-state index is 0.0943. The summed E-state index contributed by atoms with van der Waals surface area (Å²) in [4.78, 5) is 33.9. The molecule has 0 amide bonds. The van der Waals surface area contributed by atoms with Crippen molar-refractivity contribution in [1.82, 2.24) is 0 Å². The highest BCUT2D eigenvalue weighted by atomic mass is 16.6. The Morgan fingerprint density at radius 2 is 2.22 bits per heavy atom. The third-order valence-corrected chi connectivity index (χ3v) is 2.42. The van der Waals surface area contributed by atoms with Crippen LogP contribution < -0.4 is 0 Å². The van der Waals surface area contributed by atoms with E-state index in [0.717, 1.165) is 0 Å². The molecule has 5 nitrogen and oxygen atoms in total. The van der Waals surface area contributed by atoms with Crippen LogP contribution in [-0.2, 0) is 23.9 Å². The summed E-state index contributed by atoms with van der Waals surface area (Å²) in [7, 11) is 0. The lowest BCUT2D eigenvalue weighted by Gasteiger charge is -2.12. The van der Waals surface area contributed by atoms with E-state index < -0.39 is 18.0 Å². The zero-order chi connectivity index (χ0) is 13.5. The van der Waals surface area contributed by atoms with E-state index in [1.165, 1.54) is 13.0 Å². The van der Waals surface area contributed by atoms with Crippen LogP contribution in [0, 0.1) is 0 Å². The van der Waals surface area contributed by atoms with Gasteiger partial charge in [0.15, 0.2) is 11.9 Å². The predicted molar refractivity (Wildman–Crippen MR) is 63.7 cm³/mol. The van der Waals surface area contributed by atoms with E-state index >= 15 is 0 Å². The lowest BCUT2D eigenvalue weighted by Crippen LogP contribution is -2.27. The molecule has 0 unspecified atom stereocenters. The standard InChI is InChI=1S/C13H16O5/c1-3-4-7-17-12(15)9(2)18-13(16)10-5-6-11(14)8-10/h3,8-9H,1,4-7H2,2H3/t9-/m0/s1. The maximum Gasteiger partial charge on any atom is 0.347 e. The summed E-state index contributed by atoms with van der Waals surface area (Å²) in [6, 6.07) is 0. The maximum absolute atomic E-state index is 11.6. The van der Waals surface area contributed by atoms with Crippen molar-refractivity contribution in [3.63, 3.8) is 0 Å². The van der Waals surface area contributed by atoms with Crippen molar-refractivity contribution in [3.8, 4) is 0 Å². The number of hydrogen-bond acceptors (Lipinski definition) is 5. The first-order valence-electron chi connectivity index (χ1n) is 5.76. The number of allylic oxidation sites excluding steroid dienone is 1. The second kappa shape index (κ2) is 6.74. The van der Waals surface area contributed by atoms with Crippen LogP contribution in [0.3, 0.4) is 0 Å². The Labute approximate surface area is 105 Å². The summed E-state index contributed by atoms with van der Waals surface area (Å²) in [5.74, 6) is -1.33. The fourth-order valence-corrected chi connectivity index (χ4v) is 1.40. The molecule has 0 aliphatic heterocycles.